The summed E-state index contributed by atoms with van der Waals surface area (Å²) < 4.78 is 21.9. The highest BCUT2D eigenvalue weighted by atomic mass is 16.7. The van der Waals surface area contributed by atoms with E-state index in [0.717, 1.165) is 5.56 Å². The fraction of sp³-hybridized carbons (Fsp3) is 0.538. The third kappa shape index (κ3) is 2.43. The van der Waals surface area contributed by atoms with Gasteiger partial charge in [-0.3, -0.25) is 0 Å². The highest BCUT2D eigenvalue weighted by Crippen LogP contribution is 2.35. The van der Waals surface area contributed by atoms with E-state index in [9.17, 15) is 0 Å². The van der Waals surface area contributed by atoms with Gasteiger partial charge in [0.2, 0.25) is 0 Å². The largest absolute Gasteiger partial charge is 0.493 e. The van der Waals surface area contributed by atoms with Crippen molar-refractivity contribution >= 4 is 0 Å². The van der Waals surface area contributed by atoms with E-state index >= 15 is 0 Å². The van der Waals surface area contributed by atoms with Crippen molar-refractivity contribution in [1.82, 2.24) is 0 Å². The molecule has 1 fully saturated rings. The standard InChI is InChI=1S/C13H19NO4/c1-13(17-7-10(14)8-18-13)9-4-5-11(15-2)12(6-9)16-3/h4-6,10H,7-8,14H2,1-3H3. The number of rotatable bonds is 3. The van der Waals surface area contributed by atoms with Crippen molar-refractivity contribution in [3.63, 3.8) is 0 Å². The maximum absolute atomic E-state index is 5.74. The third-order valence-corrected chi connectivity index (χ3v) is 3.05. The molecular weight excluding hydrogens is 234 g/mol. The number of hydrogen-bond acceptors (Lipinski definition) is 5. The van der Waals surface area contributed by atoms with E-state index in [1.165, 1.54) is 0 Å². The van der Waals surface area contributed by atoms with Gasteiger partial charge in [0.15, 0.2) is 17.3 Å². The fourth-order valence-corrected chi connectivity index (χ4v) is 1.91. The molecule has 1 saturated heterocycles. The Balaban J connectivity index is 2.27. The number of benzene rings is 1. The molecule has 2 rings (SSSR count). The van der Waals surface area contributed by atoms with Crippen molar-refractivity contribution in [2.75, 3.05) is 27.4 Å². The highest BCUT2D eigenvalue weighted by Gasteiger charge is 2.34. The molecule has 0 bridgehead atoms. The molecule has 1 aliphatic heterocycles. The van der Waals surface area contributed by atoms with Gasteiger partial charge in [0, 0.05) is 5.56 Å². The monoisotopic (exact) mass is 253 g/mol. The zero-order valence-electron chi connectivity index (χ0n) is 10.9. The average Bonchev–Trinajstić information content (AvgIpc) is 2.41. The van der Waals surface area contributed by atoms with E-state index in [0.29, 0.717) is 24.7 Å². The van der Waals surface area contributed by atoms with E-state index in [1.807, 2.05) is 25.1 Å². The number of methoxy groups -OCH3 is 2. The summed E-state index contributed by atoms with van der Waals surface area (Å²) >= 11 is 0. The summed E-state index contributed by atoms with van der Waals surface area (Å²) in [5.41, 5.74) is 6.62. The maximum atomic E-state index is 5.74. The lowest BCUT2D eigenvalue weighted by atomic mass is 10.1. The fourth-order valence-electron chi connectivity index (χ4n) is 1.91. The van der Waals surface area contributed by atoms with Crippen LogP contribution in [0.4, 0.5) is 0 Å². The van der Waals surface area contributed by atoms with Crippen LogP contribution in [0.15, 0.2) is 18.2 Å². The van der Waals surface area contributed by atoms with E-state index in [1.54, 1.807) is 14.2 Å². The zero-order valence-corrected chi connectivity index (χ0v) is 10.9. The molecule has 5 nitrogen and oxygen atoms in total. The molecule has 0 spiro atoms. The summed E-state index contributed by atoms with van der Waals surface area (Å²) in [6.45, 7) is 2.83. The molecule has 1 aliphatic rings. The minimum absolute atomic E-state index is 0.0711. The molecule has 18 heavy (non-hydrogen) atoms. The van der Waals surface area contributed by atoms with Gasteiger partial charge in [-0.25, -0.2) is 0 Å². The second kappa shape index (κ2) is 5.14. The van der Waals surface area contributed by atoms with Gasteiger partial charge < -0.3 is 24.7 Å². The van der Waals surface area contributed by atoms with Gasteiger partial charge in [0.25, 0.3) is 0 Å². The van der Waals surface area contributed by atoms with Crippen molar-refractivity contribution in [2.24, 2.45) is 5.73 Å². The van der Waals surface area contributed by atoms with Crippen molar-refractivity contribution in [3.8, 4) is 11.5 Å². The number of hydrogen-bond donors (Lipinski definition) is 1. The van der Waals surface area contributed by atoms with Crippen LogP contribution in [-0.4, -0.2) is 33.5 Å². The molecule has 0 aliphatic carbocycles. The van der Waals surface area contributed by atoms with Gasteiger partial charge in [-0.05, 0) is 25.1 Å². The van der Waals surface area contributed by atoms with Gasteiger partial charge in [-0.1, -0.05) is 0 Å². The summed E-state index contributed by atoms with van der Waals surface area (Å²) in [7, 11) is 3.20. The summed E-state index contributed by atoms with van der Waals surface area (Å²) in [4.78, 5) is 0. The highest BCUT2D eigenvalue weighted by molar-refractivity contribution is 5.44. The Morgan fingerprint density at radius 2 is 1.78 bits per heavy atom. The van der Waals surface area contributed by atoms with Crippen LogP contribution >= 0.6 is 0 Å². The SMILES string of the molecule is COc1ccc(C2(C)OCC(N)CO2)cc1OC. The molecule has 0 atom stereocenters. The second-order valence-corrected chi connectivity index (χ2v) is 4.40. The third-order valence-electron chi connectivity index (χ3n) is 3.05. The first kappa shape index (κ1) is 13.1. The molecule has 0 unspecified atom stereocenters. The van der Waals surface area contributed by atoms with Crippen LogP contribution in [-0.2, 0) is 15.3 Å². The van der Waals surface area contributed by atoms with Gasteiger partial charge in [0.1, 0.15) is 0 Å². The summed E-state index contributed by atoms with van der Waals surface area (Å²) in [6, 6.07) is 5.52. The van der Waals surface area contributed by atoms with Crippen molar-refractivity contribution in [3.05, 3.63) is 23.8 Å². The van der Waals surface area contributed by atoms with Crippen LogP contribution in [0.1, 0.15) is 12.5 Å². The van der Waals surface area contributed by atoms with Crippen LogP contribution in [0.2, 0.25) is 0 Å². The first-order valence-electron chi connectivity index (χ1n) is 5.85. The lowest BCUT2D eigenvalue weighted by molar-refractivity contribution is -0.270. The average molecular weight is 253 g/mol. The Kier molecular flexibility index (Phi) is 3.75. The molecule has 2 N–H and O–H groups in total. The van der Waals surface area contributed by atoms with Crippen LogP contribution in [0.25, 0.3) is 0 Å². The van der Waals surface area contributed by atoms with Crippen LogP contribution < -0.4 is 15.2 Å². The first-order valence-corrected chi connectivity index (χ1v) is 5.85. The summed E-state index contributed by atoms with van der Waals surface area (Å²) in [6.07, 6.45) is 0. The van der Waals surface area contributed by atoms with E-state index < -0.39 is 5.79 Å². The molecule has 0 aromatic heterocycles. The van der Waals surface area contributed by atoms with Gasteiger partial charge in [-0.15, -0.1) is 0 Å². The zero-order chi connectivity index (χ0) is 13.2. The second-order valence-electron chi connectivity index (χ2n) is 4.40. The molecule has 0 radical (unpaired) electrons. The van der Waals surface area contributed by atoms with Gasteiger partial charge in [0.05, 0.1) is 33.5 Å². The summed E-state index contributed by atoms with van der Waals surface area (Å²) in [5, 5.41) is 0. The topological polar surface area (TPSA) is 62.9 Å². The molecular formula is C13H19NO4. The quantitative estimate of drug-likeness (QED) is 0.878. The molecule has 100 valence electrons. The Morgan fingerprint density at radius 1 is 1.17 bits per heavy atom. The molecule has 1 aromatic rings. The Labute approximate surface area is 107 Å². The van der Waals surface area contributed by atoms with E-state index in [2.05, 4.69) is 0 Å². The first-order chi connectivity index (χ1) is 8.59. The van der Waals surface area contributed by atoms with Crippen molar-refractivity contribution < 1.29 is 18.9 Å². The van der Waals surface area contributed by atoms with Gasteiger partial charge >= 0.3 is 0 Å². The smallest absolute Gasteiger partial charge is 0.192 e. The predicted octanol–water partition coefficient (Wildman–Crippen LogP) is 1.25. The minimum atomic E-state index is -0.782. The number of nitrogens with two attached hydrogens (primary N) is 1. The molecule has 0 amide bonds. The molecule has 0 saturated carbocycles. The number of ether oxygens (including phenoxy) is 4. The van der Waals surface area contributed by atoms with E-state index in [-0.39, 0.29) is 6.04 Å². The van der Waals surface area contributed by atoms with Crippen LogP contribution in [0.3, 0.4) is 0 Å². The molecule has 1 aromatic carbocycles. The minimum Gasteiger partial charge on any atom is -0.493 e. The van der Waals surface area contributed by atoms with E-state index in [4.69, 9.17) is 24.7 Å². The van der Waals surface area contributed by atoms with Crippen LogP contribution in [0, 0.1) is 0 Å². The Hall–Kier alpha value is -1.30. The Bertz CT molecular complexity index is 413. The lowest BCUT2D eigenvalue weighted by Crippen LogP contribution is -2.46. The van der Waals surface area contributed by atoms with Crippen molar-refractivity contribution in [2.45, 2.75) is 18.8 Å². The summed E-state index contributed by atoms with van der Waals surface area (Å²) in [5.74, 6) is 0.547. The predicted molar refractivity (Wildman–Crippen MR) is 66.8 cm³/mol. The molecule has 5 heteroatoms. The van der Waals surface area contributed by atoms with Gasteiger partial charge in [-0.2, -0.15) is 0 Å². The van der Waals surface area contributed by atoms with Crippen molar-refractivity contribution in [1.29, 1.82) is 0 Å². The van der Waals surface area contributed by atoms with Crippen LogP contribution in [0.5, 0.6) is 11.5 Å². The maximum Gasteiger partial charge on any atom is 0.192 e. The Morgan fingerprint density at radius 3 is 2.33 bits per heavy atom. The molecule has 1 heterocycles. The lowest BCUT2D eigenvalue weighted by Gasteiger charge is -2.37. The normalized spacial score (nSPS) is 27.9.